The Morgan fingerprint density at radius 2 is 1.63 bits per heavy atom. The first-order valence-electron chi connectivity index (χ1n) is 18.8. The van der Waals surface area contributed by atoms with Gasteiger partial charge in [-0.2, -0.15) is 0 Å². The lowest BCUT2D eigenvalue weighted by Crippen LogP contribution is -2.34. The maximum absolute atomic E-state index is 4.30. The highest BCUT2D eigenvalue weighted by Gasteiger charge is 2.39. The van der Waals surface area contributed by atoms with Crippen LogP contribution in [-0.4, -0.2) is 18.2 Å². The molecule has 2 aliphatic rings. The van der Waals surface area contributed by atoms with Crippen LogP contribution in [0, 0.1) is 5.41 Å². The minimum Gasteiger partial charge on any atom is -0.346 e. The first kappa shape index (κ1) is 37.9. The van der Waals surface area contributed by atoms with E-state index in [4.69, 9.17) is 0 Å². The summed E-state index contributed by atoms with van der Waals surface area (Å²) in [6.45, 7) is 31.5. The van der Waals surface area contributed by atoms with E-state index in [0.717, 1.165) is 18.5 Å². The fraction of sp³-hybridized carbons (Fsp3) is 0.362. The molecular weight excluding hydrogens is 667 g/mol. The van der Waals surface area contributed by atoms with E-state index in [0.29, 0.717) is 0 Å². The lowest BCUT2D eigenvalue weighted by molar-refractivity contribution is 0.332. The number of hydrogen-bond acceptors (Lipinski definition) is 4. The molecule has 1 radical (unpaired) electrons. The van der Waals surface area contributed by atoms with Gasteiger partial charge in [-0.3, -0.25) is 0 Å². The second-order valence-electron chi connectivity index (χ2n) is 16.9. The lowest BCUT2D eigenvalue weighted by atomic mass is 9.63. The van der Waals surface area contributed by atoms with Crippen molar-refractivity contribution in [3.63, 3.8) is 0 Å². The van der Waals surface area contributed by atoms with Crippen molar-refractivity contribution in [1.29, 1.82) is 0 Å². The zero-order chi connectivity index (χ0) is 37.4. The number of allylic oxidation sites excluding steroid dienone is 5. The van der Waals surface area contributed by atoms with Crippen LogP contribution in [0.25, 0.3) is 20.2 Å². The topological polar surface area (TPSA) is 6.48 Å². The van der Waals surface area contributed by atoms with Gasteiger partial charge in [0, 0.05) is 37.3 Å². The van der Waals surface area contributed by atoms with Crippen LogP contribution >= 0.6 is 22.7 Å². The number of rotatable bonds is 9. The molecule has 2 unspecified atom stereocenters. The highest BCUT2D eigenvalue weighted by molar-refractivity contribution is 7.28. The third-order valence-corrected chi connectivity index (χ3v) is 13.2. The number of hydrogen-bond donors (Lipinski definition) is 0. The Labute approximate surface area is 322 Å². The van der Waals surface area contributed by atoms with Crippen molar-refractivity contribution in [2.45, 2.75) is 104 Å². The molecule has 3 heterocycles. The first-order chi connectivity index (χ1) is 24.7. The molecule has 0 N–H and O–H groups in total. The Balaban J connectivity index is 1.63. The normalized spacial score (nSPS) is 20.8. The summed E-state index contributed by atoms with van der Waals surface area (Å²) in [5.41, 5.74) is 6.86. The molecule has 0 bridgehead atoms. The largest absolute Gasteiger partial charge is 0.346 e. The van der Waals surface area contributed by atoms with Gasteiger partial charge in [0.1, 0.15) is 0 Å². The van der Waals surface area contributed by atoms with Crippen LogP contribution in [-0.2, 0) is 10.8 Å². The summed E-state index contributed by atoms with van der Waals surface area (Å²) in [7, 11) is 2.36. The van der Waals surface area contributed by atoms with E-state index in [1.165, 1.54) is 65.2 Å². The number of fused-ring (bicyclic) bond motifs is 5. The van der Waals surface area contributed by atoms with Gasteiger partial charge in [0.05, 0.1) is 17.8 Å². The van der Waals surface area contributed by atoms with E-state index in [1.807, 2.05) is 28.7 Å². The predicted molar refractivity (Wildman–Crippen MR) is 235 cm³/mol. The smallest absolute Gasteiger partial charge is 0.200 e. The molecule has 5 heteroatoms. The van der Waals surface area contributed by atoms with E-state index >= 15 is 0 Å². The molecule has 0 saturated carbocycles. The maximum atomic E-state index is 4.30. The van der Waals surface area contributed by atoms with Gasteiger partial charge in [-0.05, 0) is 107 Å². The van der Waals surface area contributed by atoms with E-state index in [2.05, 4.69) is 183 Å². The summed E-state index contributed by atoms with van der Waals surface area (Å²) < 4.78 is 3.90. The van der Waals surface area contributed by atoms with Crippen molar-refractivity contribution >= 4 is 60.6 Å². The third-order valence-electron chi connectivity index (χ3n) is 10.9. The molecule has 0 saturated heterocycles. The van der Waals surface area contributed by atoms with Crippen LogP contribution in [0.4, 0.5) is 5.69 Å². The minimum absolute atomic E-state index is 0.0269. The number of nitrogens with zero attached hydrogens (tertiary/aromatic N) is 2. The van der Waals surface area contributed by atoms with E-state index in [-0.39, 0.29) is 28.3 Å². The maximum Gasteiger partial charge on any atom is 0.200 e. The molecule has 0 spiro atoms. The monoisotopic (exact) mass is 723 g/mol. The second-order valence-corrected chi connectivity index (χ2v) is 19.1. The zero-order valence-electron chi connectivity index (χ0n) is 32.6. The van der Waals surface area contributed by atoms with Crippen molar-refractivity contribution in [3.8, 4) is 0 Å². The molecule has 0 fully saturated rings. The fourth-order valence-electron chi connectivity index (χ4n) is 7.81. The van der Waals surface area contributed by atoms with Gasteiger partial charge in [0.2, 0.25) is 0 Å². The molecule has 2 atom stereocenters. The summed E-state index contributed by atoms with van der Waals surface area (Å²) >= 11 is 3.80. The standard InChI is InChI=1S/C47H56BN2S2/c1-12-18-35-23-27-49(34(14-3)21-17-24-45(5,6)7)32(4)31-48-44-43(50(35)39(19-13-2)42-28-33-20-15-16-22-40(33)51-42)36-29-37-38(30-41(36)52-44)47(10,11)26-25-46(37,8)9/h12-18,20,22-24,27-31,34,39H,1-3,19,21,25-26H2,4-11H3/b24-17+,27-23+,32-31-,35-18+. The van der Waals surface area contributed by atoms with Crippen molar-refractivity contribution in [3.05, 3.63) is 144 Å². The first-order valence-corrected chi connectivity index (χ1v) is 20.4. The molecule has 2 nitrogen and oxygen atoms in total. The van der Waals surface area contributed by atoms with Crippen molar-refractivity contribution in [1.82, 2.24) is 4.90 Å². The molecule has 0 amide bonds. The summed E-state index contributed by atoms with van der Waals surface area (Å²) in [4.78, 5) is 6.29. The van der Waals surface area contributed by atoms with Gasteiger partial charge < -0.3 is 9.80 Å². The summed E-state index contributed by atoms with van der Waals surface area (Å²) in [6.07, 6.45) is 21.5. The fourth-order valence-corrected chi connectivity index (χ4v) is 10.1. The minimum atomic E-state index is 0.0269. The zero-order valence-corrected chi connectivity index (χ0v) is 34.3. The summed E-state index contributed by atoms with van der Waals surface area (Å²) in [5.74, 6) is 2.30. The Bertz CT molecular complexity index is 2070. The van der Waals surface area contributed by atoms with Crippen molar-refractivity contribution < 1.29 is 0 Å². The van der Waals surface area contributed by atoms with Crippen LogP contribution < -0.4 is 9.68 Å². The molecule has 1 aliphatic carbocycles. The third kappa shape index (κ3) is 7.64. The van der Waals surface area contributed by atoms with Crippen LogP contribution in [0.5, 0.6) is 0 Å². The Morgan fingerprint density at radius 1 is 0.923 bits per heavy atom. The second kappa shape index (κ2) is 14.9. The van der Waals surface area contributed by atoms with Crippen molar-refractivity contribution in [2.75, 3.05) is 4.90 Å². The quantitative estimate of drug-likeness (QED) is 0.125. The van der Waals surface area contributed by atoms with Crippen molar-refractivity contribution in [2.24, 2.45) is 5.41 Å². The molecule has 2 aromatic carbocycles. The van der Waals surface area contributed by atoms with E-state index < -0.39 is 0 Å². The highest BCUT2D eigenvalue weighted by atomic mass is 32.1. The van der Waals surface area contributed by atoms with Crippen LogP contribution in [0.3, 0.4) is 0 Å². The molecule has 4 aromatic rings. The van der Waals surface area contributed by atoms with Gasteiger partial charge in [0.25, 0.3) is 0 Å². The number of benzene rings is 2. The number of anilines is 1. The van der Waals surface area contributed by atoms with E-state index in [1.54, 1.807) is 0 Å². The molecule has 52 heavy (non-hydrogen) atoms. The molecule has 269 valence electrons. The molecular formula is C47H56BN2S2. The van der Waals surface area contributed by atoms with E-state index in [9.17, 15) is 0 Å². The van der Waals surface area contributed by atoms with Gasteiger partial charge in [-0.15, -0.1) is 35.8 Å². The lowest BCUT2D eigenvalue weighted by Gasteiger charge is -2.42. The SMILES string of the molecule is C=C/C=C1\C=C\N(C(C=C)C/C=C/C(C)(C)C)/C(C)=C\[B]c2sc3cc4c(cc3c2N1C(CC=C)c1cc2ccccc2s1)C(C)(C)CCC4(C)C. The number of thiophene rings is 2. The Kier molecular flexibility index (Phi) is 10.9. The molecule has 6 rings (SSSR count). The Hall–Kier alpha value is -3.80. The summed E-state index contributed by atoms with van der Waals surface area (Å²) in [6, 6.07) is 16.3. The average Bonchev–Trinajstić information content (AvgIpc) is 3.68. The van der Waals surface area contributed by atoms with Gasteiger partial charge in [0.15, 0.2) is 7.28 Å². The molecule has 1 aliphatic heterocycles. The van der Waals surface area contributed by atoms with Gasteiger partial charge in [-0.25, -0.2) is 0 Å². The summed E-state index contributed by atoms with van der Waals surface area (Å²) in [5, 5.41) is 2.60. The average molecular weight is 724 g/mol. The van der Waals surface area contributed by atoms with Gasteiger partial charge >= 0.3 is 0 Å². The predicted octanol–water partition coefficient (Wildman–Crippen LogP) is 13.2. The van der Waals surface area contributed by atoms with Crippen LogP contribution in [0.1, 0.15) is 103 Å². The van der Waals surface area contributed by atoms with Crippen LogP contribution in [0.2, 0.25) is 0 Å². The highest BCUT2D eigenvalue weighted by Crippen LogP contribution is 2.50. The molecule has 2 aromatic heterocycles. The van der Waals surface area contributed by atoms with Crippen LogP contribution in [0.15, 0.2) is 128 Å². The Morgan fingerprint density at radius 3 is 2.29 bits per heavy atom. The van der Waals surface area contributed by atoms with Gasteiger partial charge in [-0.1, -0.05) is 110 Å².